The van der Waals surface area contributed by atoms with Crippen LogP contribution in [0.1, 0.15) is 52.4 Å². The van der Waals surface area contributed by atoms with Crippen LogP contribution in [0.2, 0.25) is 0 Å². The van der Waals surface area contributed by atoms with Crippen LogP contribution in [-0.2, 0) is 4.74 Å². The van der Waals surface area contributed by atoms with E-state index in [4.69, 9.17) is 4.74 Å². The summed E-state index contributed by atoms with van der Waals surface area (Å²) in [6, 6.07) is 0. The van der Waals surface area contributed by atoms with Crippen molar-refractivity contribution in [2.45, 2.75) is 58.0 Å². The van der Waals surface area contributed by atoms with Gasteiger partial charge in [-0.1, -0.05) is 13.3 Å². The van der Waals surface area contributed by atoms with Gasteiger partial charge >= 0.3 is 0 Å². The van der Waals surface area contributed by atoms with E-state index in [1.165, 1.54) is 58.2 Å². The van der Waals surface area contributed by atoms with Gasteiger partial charge in [-0.05, 0) is 57.5 Å². The normalized spacial score (nSPS) is 31.7. The molecule has 0 spiro atoms. The highest BCUT2D eigenvalue weighted by atomic mass is 16.5. The minimum absolute atomic E-state index is 0.0975. The number of ether oxygens (including phenoxy) is 1. The molecule has 2 N–H and O–H groups in total. The average Bonchev–Trinajstić information content (AvgIpc) is 2.78. The monoisotopic (exact) mass is 254 g/mol. The molecule has 0 bridgehead atoms. The highest BCUT2D eigenvalue weighted by Crippen LogP contribution is 2.33. The quantitative estimate of drug-likeness (QED) is 0.763. The summed E-state index contributed by atoms with van der Waals surface area (Å²) in [7, 11) is 0. The van der Waals surface area contributed by atoms with Gasteiger partial charge in [0.15, 0.2) is 0 Å². The molecule has 0 radical (unpaired) electrons. The Morgan fingerprint density at radius 2 is 1.94 bits per heavy atom. The lowest BCUT2D eigenvalue weighted by atomic mass is 9.75. The average molecular weight is 254 g/mol. The van der Waals surface area contributed by atoms with E-state index in [1.54, 1.807) is 0 Å². The predicted molar refractivity (Wildman–Crippen MR) is 75.9 cm³/mol. The zero-order valence-electron chi connectivity index (χ0n) is 12.2. The second kappa shape index (κ2) is 6.36. The molecule has 0 aromatic heterocycles. The van der Waals surface area contributed by atoms with Gasteiger partial charge in [0.05, 0.1) is 5.60 Å². The molecule has 18 heavy (non-hydrogen) atoms. The van der Waals surface area contributed by atoms with Gasteiger partial charge in [-0.15, -0.1) is 0 Å². The van der Waals surface area contributed by atoms with E-state index in [0.717, 1.165) is 13.2 Å². The minimum atomic E-state index is 0.0975. The summed E-state index contributed by atoms with van der Waals surface area (Å²) in [6.07, 6.45) is 7.75. The zero-order valence-corrected chi connectivity index (χ0v) is 12.2. The summed E-state index contributed by atoms with van der Waals surface area (Å²) >= 11 is 0. The molecule has 2 aliphatic rings. The van der Waals surface area contributed by atoms with Crippen molar-refractivity contribution in [3.8, 4) is 0 Å². The molecule has 0 saturated carbocycles. The molecule has 3 heteroatoms. The van der Waals surface area contributed by atoms with Gasteiger partial charge in [0.25, 0.3) is 0 Å². The molecule has 0 aromatic rings. The summed E-state index contributed by atoms with van der Waals surface area (Å²) in [5, 5.41) is 7.19. The Kier molecular flexibility index (Phi) is 5.05. The smallest absolute Gasteiger partial charge is 0.0779 e. The van der Waals surface area contributed by atoms with Gasteiger partial charge in [-0.25, -0.2) is 0 Å². The Labute approximate surface area is 112 Å². The molecule has 0 aromatic carbocycles. The predicted octanol–water partition coefficient (Wildman–Crippen LogP) is 2.32. The molecule has 2 fully saturated rings. The van der Waals surface area contributed by atoms with Crippen LogP contribution in [0.5, 0.6) is 0 Å². The van der Waals surface area contributed by atoms with E-state index in [1.807, 2.05) is 0 Å². The van der Waals surface area contributed by atoms with E-state index in [0.29, 0.717) is 5.41 Å². The topological polar surface area (TPSA) is 33.3 Å². The Hall–Kier alpha value is -0.120. The highest BCUT2D eigenvalue weighted by Gasteiger charge is 2.33. The third kappa shape index (κ3) is 3.69. The van der Waals surface area contributed by atoms with Gasteiger partial charge < -0.3 is 15.4 Å². The van der Waals surface area contributed by atoms with Gasteiger partial charge in [-0.2, -0.15) is 0 Å². The van der Waals surface area contributed by atoms with E-state index in [2.05, 4.69) is 24.5 Å². The number of rotatable bonds is 6. The third-order valence-corrected chi connectivity index (χ3v) is 4.74. The van der Waals surface area contributed by atoms with Crippen molar-refractivity contribution in [3.63, 3.8) is 0 Å². The number of nitrogens with one attached hydrogen (secondary N) is 2. The SMILES string of the molecule is CCCC1(CNCC2(C)CCCO2)CCNCC1. The fourth-order valence-electron chi connectivity index (χ4n) is 3.57. The first-order chi connectivity index (χ1) is 8.68. The Morgan fingerprint density at radius 1 is 1.17 bits per heavy atom. The molecule has 0 aliphatic carbocycles. The maximum absolute atomic E-state index is 5.85. The maximum atomic E-state index is 5.85. The van der Waals surface area contributed by atoms with Crippen LogP contribution >= 0.6 is 0 Å². The first-order valence-electron chi connectivity index (χ1n) is 7.74. The van der Waals surface area contributed by atoms with Gasteiger partial charge in [0, 0.05) is 19.7 Å². The molecule has 2 rings (SSSR count). The molecule has 2 aliphatic heterocycles. The summed E-state index contributed by atoms with van der Waals surface area (Å²) in [6.45, 7) is 10.1. The second-order valence-corrected chi connectivity index (χ2v) is 6.51. The van der Waals surface area contributed by atoms with E-state index >= 15 is 0 Å². The summed E-state index contributed by atoms with van der Waals surface area (Å²) in [5.41, 5.74) is 0.634. The van der Waals surface area contributed by atoms with E-state index in [9.17, 15) is 0 Å². The molecule has 2 heterocycles. The lowest BCUT2D eigenvalue weighted by Gasteiger charge is -2.39. The molecular weight excluding hydrogens is 224 g/mol. The van der Waals surface area contributed by atoms with Crippen molar-refractivity contribution in [1.29, 1.82) is 0 Å². The van der Waals surface area contributed by atoms with Crippen molar-refractivity contribution in [2.24, 2.45) is 5.41 Å². The number of hydrogen-bond acceptors (Lipinski definition) is 3. The van der Waals surface area contributed by atoms with Gasteiger partial charge in [0.1, 0.15) is 0 Å². The molecule has 1 atom stereocenters. The summed E-state index contributed by atoms with van der Waals surface area (Å²) in [5.74, 6) is 0. The first kappa shape index (κ1) is 14.3. The molecule has 106 valence electrons. The number of hydrogen-bond donors (Lipinski definition) is 2. The van der Waals surface area contributed by atoms with Crippen molar-refractivity contribution in [2.75, 3.05) is 32.8 Å². The van der Waals surface area contributed by atoms with Crippen molar-refractivity contribution in [1.82, 2.24) is 10.6 Å². The minimum Gasteiger partial charge on any atom is -0.374 e. The van der Waals surface area contributed by atoms with E-state index in [-0.39, 0.29) is 5.60 Å². The zero-order chi connectivity index (χ0) is 12.9. The van der Waals surface area contributed by atoms with Gasteiger partial charge in [0.2, 0.25) is 0 Å². The lowest BCUT2D eigenvalue weighted by molar-refractivity contribution is 0.0174. The largest absolute Gasteiger partial charge is 0.374 e. The van der Waals surface area contributed by atoms with Crippen molar-refractivity contribution >= 4 is 0 Å². The van der Waals surface area contributed by atoms with Crippen LogP contribution in [0.15, 0.2) is 0 Å². The Morgan fingerprint density at radius 3 is 2.56 bits per heavy atom. The maximum Gasteiger partial charge on any atom is 0.0779 e. The Bertz CT molecular complexity index is 237. The summed E-state index contributed by atoms with van der Waals surface area (Å²) < 4.78 is 5.85. The molecular formula is C15H30N2O. The van der Waals surface area contributed by atoms with Crippen LogP contribution in [0.4, 0.5) is 0 Å². The van der Waals surface area contributed by atoms with Crippen molar-refractivity contribution < 1.29 is 4.74 Å². The highest BCUT2D eigenvalue weighted by molar-refractivity contribution is 4.89. The van der Waals surface area contributed by atoms with Crippen LogP contribution in [-0.4, -0.2) is 38.4 Å². The lowest BCUT2D eigenvalue weighted by Crippen LogP contribution is -2.46. The number of piperidine rings is 1. The first-order valence-corrected chi connectivity index (χ1v) is 7.74. The second-order valence-electron chi connectivity index (χ2n) is 6.51. The van der Waals surface area contributed by atoms with E-state index < -0.39 is 0 Å². The molecule has 2 saturated heterocycles. The van der Waals surface area contributed by atoms with Crippen LogP contribution in [0, 0.1) is 5.41 Å². The fraction of sp³-hybridized carbons (Fsp3) is 1.00. The van der Waals surface area contributed by atoms with Crippen LogP contribution in [0.25, 0.3) is 0 Å². The van der Waals surface area contributed by atoms with Gasteiger partial charge in [-0.3, -0.25) is 0 Å². The molecule has 1 unspecified atom stereocenters. The Balaban J connectivity index is 1.78. The third-order valence-electron chi connectivity index (χ3n) is 4.74. The molecule has 0 amide bonds. The fourth-order valence-corrected chi connectivity index (χ4v) is 3.57. The molecule has 3 nitrogen and oxygen atoms in total. The summed E-state index contributed by atoms with van der Waals surface area (Å²) in [4.78, 5) is 0. The van der Waals surface area contributed by atoms with Crippen LogP contribution < -0.4 is 10.6 Å². The standard InChI is InChI=1S/C15H30N2O/c1-3-5-15(7-9-16-10-8-15)13-17-12-14(2)6-4-11-18-14/h16-17H,3-13H2,1-2H3. The van der Waals surface area contributed by atoms with Crippen molar-refractivity contribution in [3.05, 3.63) is 0 Å². The van der Waals surface area contributed by atoms with Crippen LogP contribution in [0.3, 0.4) is 0 Å².